The highest BCUT2D eigenvalue weighted by atomic mass is 16.5. The number of carbonyl (C=O) groups is 1. The van der Waals surface area contributed by atoms with Gasteiger partial charge in [-0.1, -0.05) is 36.4 Å². The number of hydrogen-bond donors (Lipinski definition) is 0. The van der Waals surface area contributed by atoms with Crippen LogP contribution in [0, 0.1) is 0 Å². The number of rotatable bonds is 6. The molecule has 0 saturated carbocycles. The quantitative estimate of drug-likeness (QED) is 0.654. The Labute approximate surface area is 165 Å². The first-order valence-electron chi connectivity index (χ1n) is 9.63. The molecule has 5 nitrogen and oxygen atoms in total. The number of aromatic nitrogens is 1. The van der Waals surface area contributed by atoms with Crippen LogP contribution in [0.5, 0.6) is 0 Å². The fourth-order valence-electron chi connectivity index (χ4n) is 3.88. The fourth-order valence-corrected chi connectivity index (χ4v) is 3.88. The molecule has 0 unspecified atom stereocenters. The molecule has 1 fully saturated rings. The molecule has 3 aromatic rings. The van der Waals surface area contributed by atoms with Crippen molar-refractivity contribution in [3.8, 4) is 0 Å². The second kappa shape index (κ2) is 8.40. The minimum Gasteiger partial charge on any atom is -0.467 e. The smallest absolute Gasteiger partial charge is 0.234 e. The molecule has 1 amide bonds. The first-order chi connectivity index (χ1) is 13.8. The topological polar surface area (TPSA) is 55.6 Å². The Balaban J connectivity index is 1.69. The van der Waals surface area contributed by atoms with Gasteiger partial charge >= 0.3 is 0 Å². The van der Waals surface area contributed by atoms with E-state index in [2.05, 4.69) is 17.1 Å². The van der Waals surface area contributed by atoms with Crippen LogP contribution in [-0.4, -0.2) is 29.0 Å². The third-order valence-corrected chi connectivity index (χ3v) is 5.38. The summed E-state index contributed by atoms with van der Waals surface area (Å²) in [5, 5.41) is 0. The van der Waals surface area contributed by atoms with Gasteiger partial charge in [0.1, 0.15) is 5.76 Å². The van der Waals surface area contributed by atoms with Gasteiger partial charge in [-0.25, -0.2) is 0 Å². The van der Waals surface area contributed by atoms with Gasteiger partial charge in [-0.15, -0.1) is 0 Å². The van der Waals surface area contributed by atoms with Crippen LogP contribution >= 0.6 is 0 Å². The largest absolute Gasteiger partial charge is 0.467 e. The molecule has 28 heavy (non-hydrogen) atoms. The summed E-state index contributed by atoms with van der Waals surface area (Å²) in [7, 11) is 0. The second-order valence-electron chi connectivity index (χ2n) is 7.12. The third-order valence-electron chi connectivity index (χ3n) is 5.38. The molecule has 0 radical (unpaired) electrons. The lowest BCUT2D eigenvalue weighted by Gasteiger charge is -2.40. The summed E-state index contributed by atoms with van der Waals surface area (Å²) in [6.45, 7) is 2.02. The van der Waals surface area contributed by atoms with Crippen molar-refractivity contribution >= 4 is 5.91 Å². The SMILES string of the molecule is O=C(N(Cc1ccccn1)Cc1ccco1)C1(c2ccccc2)CCOCC1. The van der Waals surface area contributed by atoms with Crippen molar-refractivity contribution in [1.82, 2.24) is 9.88 Å². The first-order valence-corrected chi connectivity index (χ1v) is 9.63. The third kappa shape index (κ3) is 3.85. The summed E-state index contributed by atoms with van der Waals surface area (Å²) >= 11 is 0. The minimum absolute atomic E-state index is 0.101. The van der Waals surface area contributed by atoms with Crippen molar-refractivity contribution < 1.29 is 13.9 Å². The van der Waals surface area contributed by atoms with E-state index in [1.165, 1.54) is 0 Å². The number of ether oxygens (including phenoxy) is 1. The van der Waals surface area contributed by atoms with E-state index in [0.29, 0.717) is 39.1 Å². The highest BCUT2D eigenvalue weighted by Gasteiger charge is 2.44. The molecule has 1 aliphatic rings. The molecule has 0 spiro atoms. The summed E-state index contributed by atoms with van der Waals surface area (Å²) in [4.78, 5) is 20.2. The van der Waals surface area contributed by atoms with Crippen molar-refractivity contribution in [3.05, 3.63) is 90.1 Å². The van der Waals surface area contributed by atoms with Crippen LogP contribution in [0.2, 0.25) is 0 Å². The molecule has 1 saturated heterocycles. The van der Waals surface area contributed by atoms with Gasteiger partial charge in [0, 0.05) is 19.4 Å². The Hall–Kier alpha value is -2.92. The molecule has 0 aliphatic carbocycles. The molecule has 0 bridgehead atoms. The lowest BCUT2D eigenvalue weighted by atomic mass is 9.73. The number of benzene rings is 1. The number of hydrogen-bond acceptors (Lipinski definition) is 4. The van der Waals surface area contributed by atoms with Crippen LogP contribution in [0.25, 0.3) is 0 Å². The minimum atomic E-state index is -0.582. The molecule has 4 rings (SSSR count). The Morgan fingerprint density at radius 2 is 1.75 bits per heavy atom. The molecule has 5 heteroatoms. The second-order valence-corrected chi connectivity index (χ2v) is 7.12. The van der Waals surface area contributed by atoms with Gasteiger partial charge in [-0.2, -0.15) is 0 Å². The zero-order valence-electron chi connectivity index (χ0n) is 15.8. The summed E-state index contributed by atoms with van der Waals surface area (Å²) in [5.74, 6) is 0.864. The summed E-state index contributed by atoms with van der Waals surface area (Å²) in [6, 6.07) is 19.6. The Bertz CT molecular complexity index is 873. The van der Waals surface area contributed by atoms with Crippen LogP contribution in [-0.2, 0) is 28.0 Å². The van der Waals surface area contributed by atoms with E-state index in [1.807, 2.05) is 53.4 Å². The van der Waals surface area contributed by atoms with Crippen molar-refractivity contribution in [3.63, 3.8) is 0 Å². The summed E-state index contributed by atoms with van der Waals surface area (Å²) < 4.78 is 11.1. The van der Waals surface area contributed by atoms with Crippen LogP contribution < -0.4 is 0 Å². The molecule has 1 aliphatic heterocycles. The van der Waals surface area contributed by atoms with Gasteiger partial charge < -0.3 is 14.1 Å². The van der Waals surface area contributed by atoms with Gasteiger partial charge in [0.15, 0.2) is 0 Å². The zero-order valence-corrected chi connectivity index (χ0v) is 15.8. The average molecular weight is 376 g/mol. The van der Waals surface area contributed by atoms with E-state index in [0.717, 1.165) is 17.0 Å². The van der Waals surface area contributed by atoms with E-state index in [4.69, 9.17) is 9.15 Å². The molecular weight excluding hydrogens is 352 g/mol. The highest BCUT2D eigenvalue weighted by Crippen LogP contribution is 2.37. The number of pyridine rings is 1. The Kier molecular flexibility index (Phi) is 5.53. The normalized spacial score (nSPS) is 15.9. The van der Waals surface area contributed by atoms with Crippen molar-refractivity contribution in [2.45, 2.75) is 31.3 Å². The zero-order chi connectivity index (χ0) is 19.2. The predicted octanol–water partition coefficient (Wildman–Crippen LogP) is 3.95. The van der Waals surface area contributed by atoms with Gasteiger partial charge in [0.2, 0.25) is 5.91 Å². The maximum atomic E-state index is 14.0. The van der Waals surface area contributed by atoms with Gasteiger partial charge in [-0.05, 0) is 42.7 Å². The highest BCUT2D eigenvalue weighted by molar-refractivity contribution is 5.88. The van der Waals surface area contributed by atoms with Crippen molar-refractivity contribution in [1.29, 1.82) is 0 Å². The molecule has 144 valence electrons. The summed E-state index contributed by atoms with van der Waals surface area (Å²) in [5.41, 5.74) is 1.33. The van der Waals surface area contributed by atoms with Crippen molar-refractivity contribution in [2.24, 2.45) is 0 Å². The monoisotopic (exact) mass is 376 g/mol. The van der Waals surface area contributed by atoms with Crippen LogP contribution in [0.15, 0.2) is 77.5 Å². The molecular formula is C23H24N2O3. The maximum absolute atomic E-state index is 14.0. The van der Waals surface area contributed by atoms with Gasteiger partial charge in [-0.3, -0.25) is 9.78 Å². The van der Waals surface area contributed by atoms with E-state index in [-0.39, 0.29) is 5.91 Å². The number of furan rings is 1. The molecule has 0 atom stereocenters. The number of carbonyl (C=O) groups excluding carboxylic acids is 1. The van der Waals surface area contributed by atoms with E-state index >= 15 is 0 Å². The summed E-state index contributed by atoms with van der Waals surface area (Å²) in [6.07, 6.45) is 4.74. The van der Waals surface area contributed by atoms with Gasteiger partial charge in [0.25, 0.3) is 0 Å². The Morgan fingerprint density at radius 1 is 0.964 bits per heavy atom. The fraction of sp³-hybridized carbons (Fsp3) is 0.304. The van der Waals surface area contributed by atoms with Crippen molar-refractivity contribution in [2.75, 3.05) is 13.2 Å². The number of nitrogens with zero attached hydrogens (tertiary/aromatic N) is 2. The van der Waals surface area contributed by atoms with Crippen LogP contribution in [0.1, 0.15) is 29.9 Å². The maximum Gasteiger partial charge on any atom is 0.234 e. The van der Waals surface area contributed by atoms with Crippen LogP contribution in [0.4, 0.5) is 0 Å². The molecule has 2 aromatic heterocycles. The van der Waals surface area contributed by atoms with E-state index in [1.54, 1.807) is 12.5 Å². The Morgan fingerprint density at radius 3 is 2.43 bits per heavy atom. The predicted molar refractivity (Wildman–Crippen MR) is 105 cm³/mol. The standard InChI is InChI=1S/C23H24N2O3/c26-22(23(11-15-27-16-12-23)19-7-2-1-3-8-19)25(18-21-10-6-14-28-21)17-20-9-4-5-13-24-20/h1-10,13-14H,11-12,15-18H2. The lowest BCUT2D eigenvalue weighted by molar-refractivity contribution is -0.143. The lowest BCUT2D eigenvalue weighted by Crippen LogP contribution is -2.49. The average Bonchev–Trinajstić information content (AvgIpc) is 3.28. The van der Waals surface area contributed by atoms with Gasteiger partial charge in [0.05, 0.1) is 30.5 Å². The molecule has 0 N–H and O–H groups in total. The van der Waals surface area contributed by atoms with E-state index in [9.17, 15) is 4.79 Å². The van der Waals surface area contributed by atoms with E-state index < -0.39 is 5.41 Å². The molecule has 3 heterocycles. The number of amides is 1. The first kappa shape index (κ1) is 18.4. The van der Waals surface area contributed by atoms with Crippen LogP contribution in [0.3, 0.4) is 0 Å². The molecule has 1 aromatic carbocycles.